The monoisotopic (exact) mass is 186 g/mol. The topological polar surface area (TPSA) is 55.1 Å². The van der Waals surface area contributed by atoms with E-state index in [1.54, 1.807) is 0 Å². The molecule has 13 heavy (non-hydrogen) atoms. The average Bonchev–Trinajstić information content (AvgIpc) is 2.11. The molecule has 0 aliphatic carbocycles. The van der Waals surface area contributed by atoms with Gasteiger partial charge in [0.05, 0.1) is 6.04 Å². The molecule has 0 fully saturated rings. The molecule has 0 bridgehead atoms. The van der Waals surface area contributed by atoms with Crippen molar-refractivity contribution in [3.05, 3.63) is 0 Å². The van der Waals surface area contributed by atoms with Crippen molar-refractivity contribution < 1.29 is 4.79 Å². The van der Waals surface area contributed by atoms with E-state index in [-0.39, 0.29) is 17.9 Å². The third-order valence-electron chi connectivity index (χ3n) is 2.34. The molecule has 0 heterocycles. The highest BCUT2D eigenvalue weighted by molar-refractivity contribution is 5.81. The van der Waals surface area contributed by atoms with Crippen molar-refractivity contribution in [3.63, 3.8) is 0 Å². The van der Waals surface area contributed by atoms with Gasteiger partial charge >= 0.3 is 0 Å². The Morgan fingerprint density at radius 1 is 1.38 bits per heavy atom. The Morgan fingerprint density at radius 2 is 1.92 bits per heavy atom. The van der Waals surface area contributed by atoms with Crippen molar-refractivity contribution in [2.75, 3.05) is 6.54 Å². The Balaban J connectivity index is 3.74. The standard InChI is InChI=1S/C10H22N2O/c1-5-8(4)6-12-10(13)9(11)7(2)3/h7-9H,5-6,11H2,1-4H3,(H,12,13). The molecular formula is C10H22N2O. The van der Waals surface area contributed by atoms with E-state index in [9.17, 15) is 4.79 Å². The molecule has 0 aromatic heterocycles. The molecule has 0 rings (SSSR count). The summed E-state index contributed by atoms with van der Waals surface area (Å²) in [5.74, 6) is 0.704. The van der Waals surface area contributed by atoms with Gasteiger partial charge in [-0.25, -0.2) is 0 Å². The number of rotatable bonds is 5. The second-order valence-electron chi connectivity index (χ2n) is 4.03. The fraction of sp³-hybridized carbons (Fsp3) is 0.900. The molecule has 3 N–H and O–H groups in total. The van der Waals surface area contributed by atoms with E-state index in [0.717, 1.165) is 13.0 Å². The van der Waals surface area contributed by atoms with Gasteiger partial charge in [-0.05, 0) is 11.8 Å². The number of hydrogen-bond acceptors (Lipinski definition) is 2. The molecule has 0 aliphatic heterocycles. The number of hydrogen-bond donors (Lipinski definition) is 2. The van der Waals surface area contributed by atoms with Crippen LogP contribution < -0.4 is 11.1 Å². The maximum absolute atomic E-state index is 11.4. The summed E-state index contributed by atoms with van der Waals surface area (Å²) in [4.78, 5) is 11.4. The van der Waals surface area contributed by atoms with Crippen molar-refractivity contribution >= 4 is 5.91 Å². The molecule has 0 saturated heterocycles. The second-order valence-corrected chi connectivity index (χ2v) is 4.03. The van der Waals surface area contributed by atoms with Crippen LogP contribution in [0.5, 0.6) is 0 Å². The third kappa shape index (κ3) is 4.88. The van der Waals surface area contributed by atoms with Crippen molar-refractivity contribution in [1.29, 1.82) is 0 Å². The van der Waals surface area contributed by atoms with Crippen LogP contribution in [0.15, 0.2) is 0 Å². The molecule has 1 amide bonds. The minimum atomic E-state index is -0.371. The summed E-state index contributed by atoms with van der Waals surface area (Å²) in [6, 6.07) is -0.371. The lowest BCUT2D eigenvalue weighted by Crippen LogP contribution is -2.45. The normalized spacial score (nSPS) is 15.5. The van der Waals surface area contributed by atoms with Gasteiger partial charge in [0.15, 0.2) is 0 Å². The molecule has 0 spiro atoms. The van der Waals surface area contributed by atoms with Gasteiger partial charge in [-0.3, -0.25) is 4.79 Å². The molecule has 0 radical (unpaired) electrons. The maximum Gasteiger partial charge on any atom is 0.237 e. The zero-order valence-electron chi connectivity index (χ0n) is 9.13. The van der Waals surface area contributed by atoms with Gasteiger partial charge in [-0.1, -0.05) is 34.1 Å². The number of carbonyl (C=O) groups excluding carboxylic acids is 1. The second kappa shape index (κ2) is 5.97. The molecule has 2 atom stereocenters. The predicted octanol–water partition coefficient (Wildman–Crippen LogP) is 1.13. The van der Waals surface area contributed by atoms with Crippen LogP contribution in [0.25, 0.3) is 0 Å². The molecule has 3 nitrogen and oxygen atoms in total. The number of carbonyl (C=O) groups is 1. The van der Waals surface area contributed by atoms with Gasteiger partial charge in [-0.2, -0.15) is 0 Å². The van der Waals surface area contributed by atoms with Crippen LogP contribution in [-0.4, -0.2) is 18.5 Å². The third-order valence-corrected chi connectivity index (χ3v) is 2.34. The Hall–Kier alpha value is -0.570. The summed E-state index contributed by atoms with van der Waals surface area (Å²) < 4.78 is 0. The summed E-state index contributed by atoms with van der Waals surface area (Å²) in [5, 5.41) is 2.85. The van der Waals surface area contributed by atoms with Gasteiger partial charge in [0.25, 0.3) is 0 Å². The molecule has 0 aromatic carbocycles. The number of nitrogens with one attached hydrogen (secondary N) is 1. The summed E-state index contributed by atoms with van der Waals surface area (Å²) in [6.07, 6.45) is 1.08. The molecular weight excluding hydrogens is 164 g/mol. The first kappa shape index (κ1) is 12.4. The van der Waals surface area contributed by atoms with Crippen LogP contribution in [0.3, 0.4) is 0 Å². The smallest absolute Gasteiger partial charge is 0.237 e. The zero-order valence-corrected chi connectivity index (χ0v) is 9.13. The van der Waals surface area contributed by atoms with E-state index in [4.69, 9.17) is 5.73 Å². The first-order valence-electron chi connectivity index (χ1n) is 5.02. The summed E-state index contributed by atoms with van der Waals surface area (Å²) >= 11 is 0. The number of nitrogens with two attached hydrogens (primary N) is 1. The number of amides is 1. The van der Waals surface area contributed by atoms with Gasteiger partial charge < -0.3 is 11.1 Å². The van der Waals surface area contributed by atoms with Gasteiger partial charge in [-0.15, -0.1) is 0 Å². The molecule has 2 unspecified atom stereocenters. The van der Waals surface area contributed by atoms with Crippen LogP contribution in [-0.2, 0) is 4.79 Å². The zero-order chi connectivity index (χ0) is 10.4. The van der Waals surface area contributed by atoms with Gasteiger partial charge in [0.1, 0.15) is 0 Å². The van der Waals surface area contributed by atoms with Crippen LogP contribution in [0.1, 0.15) is 34.1 Å². The lowest BCUT2D eigenvalue weighted by Gasteiger charge is -2.17. The van der Waals surface area contributed by atoms with Crippen LogP contribution in [0, 0.1) is 11.8 Å². The van der Waals surface area contributed by atoms with E-state index in [2.05, 4.69) is 19.2 Å². The van der Waals surface area contributed by atoms with Crippen LogP contribution in [0.4, 0.5) is 0 Å². The molecule has 78 valence electrons. The first-order valence-corrected chi connectivity index (χ1v) is 5.02. The van der Waals surface area contributed by atoms with E-state index in [1.807, 2.05) is 13.8 Å². The molecule has 0 aliphatic rings. The maximum atomic E-state index is 11.4. The SMILES string of the molecule is CCC(C)CNC(=O)C(N)C(C)C. The molecule has 0 aromatic rings. The fourth-order valence-corrected chi connectivity index (χ4v) is 0.840. The highest BCUT2D eigenvalue weighted by Crippen LogP contribution is 2.00. The first-order chi connectivity index (χ1) is 5.99. The summed E-state index contributed by atoms with van der Waals surface area (Å²) in [5.41, 5.74) is 5.68. The minimum absolute atomic E-state index is 0.0321. The Morgan fingerprint density at radius 3 is 2.31 bits per heavy atom. The lowest BCUT2D eigenvalue weighted by atomic mass is 10.0. The van der Waals surface area contributed by atoms with Gasteiger partial charge in [0.2, 0.25) is 5.91 Å². The highest BCUT2D eigenvalue weighted by Gasteiger charge is 2.16. The quantitative estimate of drug-likeness (QED) is 0.676. The average molecular weight is 186 g/mol. The summed E-state index contributed by atoms with van der Waals surface area (Å²) in [6.45, 7) is 8.86. The molecule has 0 saturated carbocycles. The Labute approximate surface area is 81.1 Å². The molecule has 3 heteroatoms. The van der Waals surface area contributed by atoms with Crippen LogP contribution >= 0.6 is 0 Å². The summed E-state index contributed by atoms with van der Waals surface area (Å²) in [7, 11) is 0. The van der Waals surface area contributed by atoms with Gasteiger partial charge in [0, 0.05) is 6.54 Å². The van der Waals surface area contributed by atoms with Crippen molar-refractivity contribution in [2.24, 2.45) is 17.6 Å². The Kier molecular flexibility index (Phi) is 5.71. The van der Waals surface area contributed by atoms with E-state index >= 15 is 0 Å². The van der Waals surface area contributed by atoms with Crippen LogP contribution in [0.2, 0.25) is 0 Å². The van der Waals surface area contributed by atoms with E-state index < -0.39 is 0 Å². The fourth-order valence-electron chi connectivity index (χ4n) is 0.840. The van der Waals surface area contributed by atoms with Crippen molar-refractivity contribution in [2.45, 2.75) is 40.2 Å². The van der Waals surface area contributed by atoms with Crippen molar-refractivity contribution in [1.82, 2.24) is 5.32 Å². The van der Waals surface area contributed by atoms with E-state index in [1.165, 1.54) is 0 Å². The predicted molar refractivity (Wildman–Crippen MR) is 55.3 cm³/mol. The van der Waals surface area contributed by atoms with E-state index in [0.29, 0.717) is 5.92 Å². The van der Waals surface area contributed by atoms with Crippen molar-refractivity contribution in [3.8, 4) is 0 Å². The lowest BCUT2D eigenvalue weighted by molar-refractivity contribution is -0.123. The highest BCUT2D eigenvalue weighted by atomic mass is 16.2. The minimum Gasteiger partial charge on any atom is -0.354 e. The largest absolute Gasteiger partial charge is 0.354 e. The Bertz CT molecular complexity index is 157.